The maximum absolute atomic E-state index is 12.3. The molecular weight excluding hydrogens is 354 g/mol. The summed E-state index contributed by atoms with van der Waals surface area (Å²) in [5.41, 5.74) is 0.236. The number of hydrogen-bond donors (Lipinski definition) is 3. The van der Waals surface area contributed by atoms with Gasteiger partial charge in [0, 0.05) is 20.0 Å². The van der Waals surface area contributed by atoms with Gasteiger partial charge in [-0.15, -0.1) is 0 Å². The first-order valence-corrected chi connectivity index (χ1v) is 9.02. The zero-order chi connectivity index (χ0) is 19.0. The fraction of sp³-hybridized carbons (Fsp3) is 0.444. The number of nitrogens with zero attached hydrogens (tertiary/aromatic N) is 2. The van der Waals surface area contributed by atoms with Gasteiger partial charge in [-0.05, 0) is 25.0 Å². The maximum Gasteiger partial charge on any atom is 0.291 e. The van der Waals surface area contributed by atoms with Crippen LogP contribution in [0.15, 0.2) is 16.9 Å². The lowest BCUT2D eigenvalue weighted by atomic mass is 9.88. The molecule has 0 aliphatic heterocycles. The van der Waals surface area contributed by atoms with Crippen molar-refractivity contribution in [1.82, 2.24) is 14.5 Å². The zero-order valence-electron chi connectivity index (χ0n) is 14.9. The molecule has 1 aromatic carbocycles. The Kier molecular flexibility index (Phi) is 5.00. The highest BCUT2D eigenvalue weighted by Crippen LogP contribution is 2.27. The quantitative estimate of drug-likeness (QED) is 0.554. The summed E-state index contributed by atoms with van der Waals surface area (Å²) in [5, 5.41) is 17.0. The Morgan fingerprint density at radius 1 is 1.27 bits per heavy atom. The van der Waals surface area contributed by atoms with Crippen molar-refractivity contribution in [2.45, 2.75) is 32.1 Å². The molecule has 7 nitrogen and oxygen atoms in total. The van der Waals surface area contributed by atoms with Gasteiger partial charge < -0.3 is 9.88 Å². The standard InChI is InChI=1S/C18H22ClN5O2/c1-23(2)18(26)11-8-13-14(9-12(11)19)24(16(21)17(25)22-13)15(20)10-6-4-3-5-7-10/h8-10,20-21H,3-7H2,1-2H3,(H,22,25). The molecule has 0 saturated heterocycles. The van der Waals surface area contributed by atoms with Crippen LogP contribution in [-0.4, -0.2) is 40.3 Å². The second-order valence-electron chi connectivity index (χ2n) is 6.91. The van der Waals surface area contributed by atoms with Gasteiger partial charge in [0.15, 0.2) is 5.49 Å². The maximum atomic E-state index is 12.3. The molecular formula is C18H22ClN5O2. The van der Waals surface area contributed by atoms with Crippen molar-refractivity contribution < 1.29 is 4.79 Å². The Balaban J connectivity index is 2.22. The van der Waals surface area contributed by atoms with Crippen LogP contribution in [0.2, 0.25) is 5.02 Å². The topological polar surface area (TPSA) is 106 Å². The van der Waals surface area contributed by atoms with Crippen molar-refractivity contribution in [1.29, 1.82) is 10.8 Å². The third kappa shape index (κ3) is 3.19. The van der Waals surface area contributed by atoms with Crippen molar-refractivity contribution in [2.24, 2.45) is 5.92 Å². The number of nitrogens with one attached hydrogen (secondary N) is 3. The van der Waals surface area contributed by atoms with E-state index in [0.717, 1.165) is 32.1 Å². The molecule has 1 aliphatic carbocycles. The van der Waals surface area contributed by atoms with Crippen molar-refractivity contribution in [3.63, 3.8) is 0 Å². The molecule has 138 valence electrons. The first-order valence-electron chi connectivity index (χ1n) is 8.65. The number of aromatic nitrogens is 2. The summed E-state index contributed by atoms with van der Waals surface area (Å²) >= 11 is 6.31. The molecule has 0 bridgehead atoms. The summed E-state index contributed by atoms with van der Waals surface area (Å²) in [7, 11) is 3.24. The highest BCUT2D eigenvalue weighted by atomic mass is 35.5. The van der Waals surface area contributed by atoms with E-state index in [4.69, 9.17) is 22.4 Å². The zero-order valence-corrected chi connectivity index (χ0v) is 15.6. The van der Waals surface area contributed by atoms with E-state index in [1.807, 2.05) is 0 Å². The number of amides is 1. The molecule has 0 spiro atoms. The third-order valence-electron chi connectivity index (χ3n) is 4.88. The fourth-order valence-electron chi connectivity index (χ4n) is 3.47. The van der Waals surface area contributed by atoms with Crippen LogP contribution in [-0.2, 0) is 0 Å². The normalized spacial score (nSPS) is 15.2. The largest absolute Gasteiger partial charge is 0.345 e. The molecule has 1 fully saturated rings. The summed E-state index contributed by atoms with van der Waals surface area (Å²) in [4.78, 5) is 28.6. The highest BCUT2D eigenvalue weighted by molar-refractivity contribution is 6.34. The predicted molar refractivity (Wildman–Crippen MR) is 101 cm³/mol. The third-order valence-corrected chi connectivity index (χ3v) is 5.20. The minimum atomic E-state index is -0.594. The summed E-state index contributed by atoms with van der Waals surface area (Å²) in [6.45, 7) is 0. The second kappa shape index (κ2) is 7.07. The SMILES string of the molecule is CN(C)C(=O)c1cc2[nH]c(=O)c(=N)n(C(=N)C3CCCCC3)c2cc1Cl. The first kappa shape index (κ1) is 18.4. The highest BCUT2D eigenvalue weighted by Gasteiger charge is 2.23. The average Bonchev–Trinajstić information content (AvgIpc) is 2.62. The van der Waals surface area contributed by atoms with Gasteiger partial charge in [0.05, 0.1) is 21.6 Å². The molecule has 1 aliphatic rings. The van der Waals surface area contributed by atoms with E-state index < -0.39 is 5.56 Å². The number of H-pyrrole nitrogens is 1. The number of fused-ring (bicyclic) bond motifs is 1. The summed E-state index contributed by atoms with van der Waals surface area (Å²) in [6.07, 6.45) is 5.00. The van der Waals surface area contributed by atoms with Crippen LogP contribution in [0.1, 0.15) is 42.5 Å². The van der Waals surface area contributed by atoms with E-state index in [2.05, 4.69) is 4.98 Å². The summed E-state index contributed by atoms with van der Waals surface area (Å²) < 4.78 is 1.36. The second-order valence-corrected chi connectivity index (χ2v) is 7.31. The molecule has 2 aromatic rings. The van der Waals surface area contributed by atoms with Crippen LogP contribution >= 0.6 is 11.6 Å². The lowest BCUT2D eigenvalue weighted by Crippen LogP contribution is -2.42. The Morgan fingerprint density at radius 3 is 2.54 bits per heavy atom. The number of hydrogen-bond acceptors (Lipinski definition) is 4. The smallest absolute Gasteiger partial charge is 0.291 e. The molecule has 0 atom stereocenters. The van der Waals surface area contributed by atoms with E-state index in [1.54, 1.807) is 20.2 Å². The minimum Gasteiger partial charge on any atom is -0.345 e. The van der Waals surface area contributed by atoms with Crippen LogP contribution < -0.4 is 11.0 Å². The van der Waals surface area contributed by atoms with Gasteiger partial charge in [0.2, 0.25) is 0 Å². The van der Waals surface area contributed by atoms with E-state index in [1.165, 1.54) is 15.5 Å². The first-order chi connectivity index (χ1) is 12.3. The van der Waals surface area contributed by atoms with Crippen LogP contribution in [0.3, 0.4) is 0 Å². The predicted octanol–water partition coefficient (Wildman–Crippen LogP) is 2.57. The molecule has 1 aromatic heterocycles. The van der Waals surface area contributed by atoms with E-state index in [-0.39, 0.29) is 33.7 Å². The molecule has 1 saturated carbocycles. The minimum absolute atomic E-state index is 0.0182. The van der Waals surface area contributed by atoms with Crippen LogP contribution in [0.5, 0.6) is 0 Å². The summed E-state index contributed by atoms with van der Waals surface area (Å²) in [6, 6.07) is 3.07. The van der Waals surface area contributed by atoms with Crippen molar-refractivity contribution >= 4 is 34.4 Å². The number of carbonyl (C=O) groups is 1. The molecule has 3 rings (SSSR count). The van der Waals surface area contributed by atoms with Gasteiger partial charge in [-0.2, -0.15) is 0 Å². The number of benzene rings is 1. The molecule has 3 N–H and O–H groups in total. The molecule has 0 unspecified atom stereocenters. The molecule has 1 amide bonds. The van der Waals surface area contributed by atoms with Gasteiger partial charge in [-0.25, -0.2) is 0 Å². The Hall–Kier alpha value is -2.41. The number of halogens is 1. The van der Waals surface area contributed by atoms with Gasteiger partial charge in [-0.3, -0.25) is 25.0 Å². The van der Waals surface area contributed by atoms with Crippen molar-refractivity contribution in [3.8, 4) is 0 Å². The van der Waals surface area contributed by atoms with E-state index in [0.29, 0.717) is 11.0 Å². The monoisotopic (exact) mass is 375 g/mol. The van der Waals surface area contributed by atoms with E-state index >= 15 is 0 Å². The van der Waals surface area contributed by atoms with E-state index in [9.17, 15) is 9.59 Å². The van der Waals surface area contributed by atoms with Crippen LogP contribution in [0, 0.1) is 16.7 Å². The Labute approximate surface area is 155 Å². The number of aromatic amines is 1. The average molecular weight is 376 g/mol. The van der Waals surface area contributed by atoms with Gasteiger partial charge >= 0.3 is 0 Å². The van der Waals surface area contributed by atoms with Crippen LogP contribution in [0.4, 0.5) is 0 Å². The molecule has 0 radical (unpaired) electrons. The number of rotatable bonds is 2. The fourth-order valence-corrected chi connectivity index (χ4v) is 3.70. The molecule has 1 heterocycles. The lowest BCUT2D eigenvalue weighted by molar-refractivity contribution is 0.0828. The van der Waals surface area contributed by atoms with Gasteiger partial charge in [-0.1, -0.05) is 30.9 Å². The van der Waals surface area contributed by atoms with Crippen molar-refractivity contribution in [3.05, 3.63) is 38.6 Å². The Morgan fingerprint density at radius 2 is 1.92 bits per heavy atom. The lowest BCUT2D eigenvalue weighted by Gasteiger charge is -2.24. The van der Waals surface area contributed by atoms with Crippen LogP contribution in [0.25, 0.3) is 11.0 Å². The van der Waals surface area contributed by atoms with Gasteiger partial charge in [0.1, 0.15) is 5.84 Å². The van der Waals surface area contributed by atoms with Gasteiger partial charge in [0.25, 0.3) is 11.5 Å². The molecule has 26 heavy (non-hydrogen) atoms. The Bertz CT molecular complexity index is 999. The van der Waals surface area contributed by atoms with Crippen molar-refractivity contribution in [2.75, 3.05) is 14.1 Å². The molecule has 8 heteroatoms. The number of carbonyl (C=O) groups excluding carboxylic acids is 1. The summed E-state index contributed by atoms with van der Waals surface area (Å²) in [5.74, 6) is -0.0140.